The number of aromatic nitrogens is 1. The van der Waals surface area contributed by atoms with Gasteiger partial charge in [-0.1, -0.05) is 0 Å². The lowest BCUT2D eigenvalue weighted by Gasteiger charge is -2.03. The first-order chi connectivity index (χ1) is 10.1. The predicted molar refractivity (Wildman–Crippen MR) is 78.3 cm³/mol. The van der Waals surface area contributed by atoms with Gasteiger partial charge in [0.2, 0.25) is 11.6 Å². The lowest BCUT2D eigenvalue weighted by atomic mass is 10.3. The topological polar surface area (TPSA) is 105 Å². The van der Waals surface area contributed by atoms with E-state index >= 15 is 0 Å². The van der Waals surface area contributed by atoms with E-state index in [0.29, 0.717) is 18.3 Å². The molecule has 0 saturated heterocycles. The molecule has 0 aliphatic carbocycles. The van der Waals surface area contributed by atoms with Crippen LogP contribution < -0.4 is 5.32 Å². The average molecular weight is 304 g/mol. The summed E-state index contributed by atoms with van der Waals surface area (Å²) >= 11 is 1.55. The van der Waals surface area contributed by atoms with Crippen LogP contribution in [0.4, 0.5) is 11.6 Å². The smallest absolute Gasteiger partial charge is 0.269 e. The van der Waals surface area contributed by atoms with Crippen molar-refractivity contribution in [1.82, 2.24) is 4.98 Å². The number of oxazole rings is 1. The zero-order chi connectivity index (χ0) is 15.2. The fourth-order valence-electron chi connectivity index (χ4n) is 1.62. The third kappa shape index (κ3) is 3.97. The number of nitriles is 1. The number of hydrogen-bond donors (Lipinski definition) is 1. The number of nitrogens with one attached hydrogen (secondary N) is 1. The number of hydrogen-bond acceptors (Lipinski definition) is 7. The SMILES string of the molecule is Cc1nc(C#N)c(NCCSc2ccc([N+](=O)[O-])cc2)o1. The van der Waals surface area contributed by atoms with Crippen LogP contribution in [0.25, 0.3) is 0 Å². The molecule has 1 heterocycles. The second-order valence-corrected chi connectivity index (χ2v) is 5.22. The molecule has 0 fully saturated rings. The van der Waals surface area contributed by atoms with Gasteiger partial charge in [0.25, 0.3) is 5.69 Å². The molecule has 0 radical (unpaired) electrons. The Bertz CT molecular complexity index is 676. The lowest BCUT2D eigenvalue weighted by Crippen LogP contribution is -2.04. The van der Waals surface area contributed by atoms with Crippen LogP contribution in [0.2, 0.25) is 0 Å². The largest absolute Gasteiger partial charge is 0.424 e. The van der Waals surface area contributed by atoms with Crippen molar-refractivity contribution in [2.45, 2.75) is 11.8 Å². The van der Waals surface area contributed by atoms with Gasteiger partial charge in [-0.05, 0) is 12.1 Å². The van der Waals surface area contributed by atoms with Crippen molar-refractivity contribution in [2.75, 3.05) is 17.6 Å². The van der Waals surface area contributed by atoms with E-state index in [2.05, 4.69) is 10.3 Å². The normalized spacial score (nSPS) is 10.1. The molecule has 2 rings (SSSR count). The molecule has 7 nitrogen and oxygen atoms in total. The summed E-state index contributed by atoms with van der Waals surface area (Å²) in [6, 6.07) is 8.33. The van der Waals surface area contributed by atoms with Crippen molar-refractivity contribution in [1.29, 1.82) is 5.26 Å². The third-order valence-electron chi connectivity index (χ3n) is 2.54. The summed E-state index contributed by atoms with van der Waals surface area (Å²) in [7, 11) is 0. The Kier molecular flexibility index (Phi) is 4.79. The number of nitrogens with zero attached hydrogens (tertiary/aromatic N) is 3. The van der Waals surface area contributed by atoms with E-state index < -0.39 is 4.92 Å². The highest BCUT2D eigenvalue weighted by Gasteiger charge is 2.09. The van der Waals surface area contributed by atoms with Crippen molar-refractivity contribution in [2.24, 2.45) is 0 Å². The molecule has 1 aromatic heterocycles. The lowest BCUT2D eigenvalue weighted by molar-refractivity contribution is -0.384. The van der Waals surface area contributed by atoms with E-state index in [1.54, 1.807) is 30.8 Å². The van der Waals surface area contributed by atoms with Gasteiger partial charge in [-0.15, -0.1) is 11.8 Å². The molecule has 0 saturated carbocycles. The van der Waals surface area contributed by atoms with Crippen molar-refractivity contribution >= 4 is 23.3 Å². The molecule has 0 atom stereocenters. The molecule has 0 bridgehead atoms. The number of anilines is 1. The summed E-state index contributed by atoms with van der Waals surface area (Å²) in [5.74, 6) is 1.54. The Balaban J connectivity index is 1.82. The zero-order valence-corrected chi connectivity index (χ0v) is 12.0. The minimum atomic E-state index is -0.425. The molecule has 1 aromatic carbocycles. The molecular formula is C13H12N4O3S. The molecule has 8 heteroatoms. The minimum Gasteiger partial charge on any atom is -0.424 e. The number of rotatable bonds is 6. The second kappa shape index (κ2) is 6.76. The molecule has 1 N–H and O–H groups in total. The van der Waals surface area contributed by atoms with Gasteiger partial charge in [0.15, 0.2) is 5.89 Å². The number of nitro groups is 1. The summed E-state index contributed by atoms with van der Waals surface area (Å²) in [6.07, 6.45) is 0. The molecule has 0 aliphatic heterocycles. The maximum Gasteiger partial charge on any atom is 0.269 e. The molecule has 0 unspecified atom stereocenters. The number of benzene rings is 1. The summed E-state index contributed by atoms with van der Waals surface area (Å²) in [5.41, 5.74) is 0.320. The van der Waals surface area contributed by atoms with E-state index in [1.807, 2.05) is 6.07 Å². The first kappa shape index (κ1) is 14.9. The monoisotopic (exact) mass is 304 g/mol. The fraction of sp³-hybridized carbons (Fsp3) is 0.231. The van der Waals surface area contributed by atoms with Gasteiger partial charge < -0.3 is 9.73 Å². The number of nitro benzene ring substituents is 1. The number of non-ortho nitro benzene ring substituents is 1. The maximum atomic E-state index is 10.5. The Morgan fingerprint density at radius 3 is 2.81 bits per heavy atom. The van der Waals surface area contributed by atoms with Gasteiger partial charge >= 0.3 is 0 Å². The van der Waals surface area contributed by atoms with Crippen LogP contribution >= 0.6 is 11.8 Å². The van der Waals surface area contributed by atoms with Gasteiger partial charge in [0.05, 0.1) is 4.92 Å². The molecule has 2 aromatic rings. The minimum absolute atomic E-state index is 0.0771. The molecular weight excluding hydrogens is 292 g/mol. The Morgan fingerprint density at radius 2 is 2.19 bits per heavy atom. The maximum absolute atomic E-state index is 10.5. The van der Waals surface area contributed by atoms with Crippen LogP contribution in [0.15, 0.2) is 33.6 Å². The van der Waals surface area contributed by atoms with Crippen LogP contribution in [0.1, 0.15) is 11.6 Å². The van der Waals surface area contributed by atoms with E-state index in [1.165, 1.54) is 12.1 Å². The van der Waals surface area contributed by atoms with E-state index in [9.17, 15) is 10.1 Å². The average Bonchev–Trinajstić information content (AvgIpc) is 2.84. The highest BCUT2D eigenvalue weighted by molar-refractivity contribution is 7.99. The Morgan fingerprint density at radius 1 is 1.48 bits per heavy atom. The summed E-state index contributed by atoms with van der Waals surface area (Å²) in [6.45, 7) is 2.27. The third-order valence-corrected chi connectivity index (χ3v) is 3.56. The predicted octanol–water partition coefficient (Wildman–Crippen LogP) is 2.97. The van der Waals surface area contributed by atoms with E-state index in [4.69, 9.17) is 9.68 Å². The highest BCUT2D eigenvalue weighted by Crippen LogP contribution is 2.21. The fourth-order valence-corrected chi connectivity index (χ4v) is 2.39. The van der Waals surface area contributed by atoms with Gasteiger partial charge in [-0.25, -0.2) is 4.98 Å². The first-order valence-corrected chi connectivity index (χ1v) is 7.07. The molecule has 0 aliphatic rings. The van der Waals surface area contributed by atoms with Crippen molar-refractivity contribution in [3.05, 3.63) is 46.0 Å². The number of aryl methyl sites for hydroxylation is 1. The molecule has 21 heavy (non-hydrogen) atoms. The van der Waals surface area contributed by atoms with E-state index in [-0.39, 0.29) is 11.4 Å². The van der Waals surface area contributed by atoms with Crippen LogP contribution in [-0.4, -0.2) is 22.2 Å². The summed E-state index contributed by atoms with van der Waals surface area (Å²) in [4.78, 5) is 15.0. The van der Waals surface area contributed by atoms with Crippen molar-refractivity contribution < 1.29 is 9.34 Å². The van der Waals surface area contributed by atoms with Gasteiger partial charge in [-0.2, -0.15) is 5.26 Å². The summed E-state index contributed by atoms with van der Waals surface area (Å²) in [5, 5.41) is 22.4. The zero-order valence-electron chi connectivity index (χ0n) is 11.2. The molecule has 0 amide bonds. The van der Waals surface area contributed by atoms with Crippen LogP contribution in [-0.2, 0) is 0 Å². The van der Waals surface area contributed by atoms with Gasteiger partial charge in [0, 0.05) is 36.2 Å². The molecule has 0 spiro atoms. The van der Waals surface area contributed by atoms with Gasteiger partial charge in [-0.3, -0.25) is 10.1 Å². The Hall–Kier alpha value is -2.53. The Labute approximate surface area is 125 Å². The van der Waals surface area contributed by atoms with Crippen LogP contribution in [0, 0.1) is 28.4 Å². The quantitative estimate of drug-likeness (QED) is 0.378. The standard InChI is InChI=1S/C13H12N4O3S/c1-9-16-12(8-14)13(20-9)15-6-7-21-11-4-2-10(3-5-11)17(18)19/h2-5,15H,6-7H2,1H3. The van der Waals surface area contributed by atoms with Gasteiger partial charge in [0.1, 0.15) is 6.07 Å². The summed E-state index contributed by atoms with van der Waals surface area (Å²) < 4.78 is 5.27. The first-order valence-electron chi connectivity index (χ1n) is 6.09. The van der Waals surface area contributed by atoms with Crippen molar-refractivity contribution in [3.8, 4) is 6.07 Å². The highest BCUT2D eigenvalue weighted by atomic mass is 32.2. The van der Waals surface area contributed by atoms with Crippen LogP contribution in [0.3, 0.4) is 0 Å². The van der Waals surface area contributed by atoms with Crippen molar-refractivity contribution in [3.63, 3.8) is 0 Å². The second-order valence-electron chi connectivity index (χ2n) is 4.05. The van der Waals surface area contributed by atoms with Crippen LogP contribution in [0.5, 0.6) is 0 Å². The number of thioether (sulfide) groups is 1. The molecule has 108 valence electrons. The van der Waals surface area contributed by atoms with E-state index in [0.717, 1.165) is 10.6 Å².